The molecule has 0 aliphatic heterocycles. The van der Waals surface area contributed by atoms with E-state index in [9.17, 15) is 0 Å². The van der Waals surface area contributed by atoms with Crippen molar-refractivity contribution < 1.29 is 50.3 Å². The first-order valence-electron chi connectivity index (χ1n) is 0. The van der Waals surface area contributed by atoms with E-state index in [0.717, 1.165) is 0 Å². The van der Waals surface area contributed by atoms with Crippen molar-refractivity contribution >= 4 is 13.5 Å². The van der Waals surface area contributed by atoms with Crippen LogP contribution in [0.25, 0.3) is 0 Å². The Morgan fingerprint density at radius 3 is 1.00 bits per heavy atom. The van der Waals surface area contributed by atoms with E-state index in [1.54, 1.807) is 0 Å². The van der Waals surface area contributed by atoms with Gasteiger partial charge >= 0.3 is 0 Å². The number of hydrogen-bond donors (Lipinski definition) is 0. The Labute approximate surface area is 63.5 Å². The number of hydrogen-bond acceptors (Lipinski definition) is 0. The Morgan fingerprint density at radius 1 is 1.00 bits per heavy atom. The van der Waals surface area contributed by atoms with Gasteiger partial charge in [0.05, 0.1) is 0 Å². The summed E-state index contributed by atoms with van der Waals surface area (Å²) in [5, 5.41) is 0. The first-order valence-corrected chi connectivity index (χ1v) is 0. The van der Waals surface area contributed by atoms with Crippen LogP contribution in [-0.4, -0.2) is 0 Å². The summed E-state index contributed by atoms with van der Waals surface area (Å²) < 4.78 is 0. The summed E-state index contributed by atoms with van der Waals surface area (Å²) >= 11 is 0. The van der Waals surface area contributed by atoms with E-state index in [2.05, 4.69) is 0 Å². The molecule has 0 fully saturated rings. The van der Waals surface area contributed by atoms with Crippen molar-refractivity contribution in [2.24, 2.45) is 0 Å². The van der Waals surface area contributed by atoms with Gasteiger partial charge in [0.2, 0.25) is 0 Å². The molecule has 0 aliphatic rings. The second-order valence-electron chi connectivity index (χ2n) is 0. The summed E-state index contributed by atoms with van der Waals surface area (Å²) in [6.45, 7) is 0. The molecular weight excluding hydrogens is 206 g/mol. The van der Waals surface area contributed by atoms with Gasteiger partial charge in [-0.25, -0.2) is 0 Å². The second-order valence-corrected chi connectivity index (χ2v) is 0. The quantitative estimate of drug-likeness (QED) is 0.495. The molecule has 0 bridgehead atoms. The van der Waals surface area contributed by atoms with Gasteiger partial charge in [-0.2, -0.15) is 13.5 Å². The molecule has 0 amide bonds. The summed E-state index contributed by atoms with van der Waals surface area (Å²) in [5.74, 6) is 0. The largest absolute Gasteiger partial charge is 0.197 e. The zero-order valence-electron chi connectivity index (χ0n) is 1.50. The Hall–Kier alpha value is 1.87. The minimum atomic E-state index is 0. The fraction of sp³-hybridized carbons (Fsp3) is 0. The smallest absolute Gasteiger partial charge is 0 e. The Morgan fingerprint density at radius 2 is 1.00 bits per heavy atom. The van der Waals surface area contributed by atoms with Crippen LogP contribution in [0.1, 0.15) is 0 Å². The molecule has 0 unspecified atom stereocenters. The first-order chi connectivity index (χ1) is 0. The van der Waals surface area contributed by atoms with Crippen LogP contribution in [0, 0.1) is 0 Å². The van der Waals surface area contributed by atoms with E-state index < -0.39 is 0 Å². The Bertz CT molecular complexity index is 8.00. The molecule has 0 aromatic heterocycles. The maximum atomic E-state index is 0. The molecule has 35 valence electrons. The normalized spacial score (nSPS) is 0. The van der Waals surface area contributed by atoms with Gasteiger partial charge in [0.1, 0.15) is 0 Å². The topological polar surface area (TPSA) is 0 Å². The summed E-state index contributed by atoms with van der Waals surface area (Å²) in [4.78, 5) is 0. The maximum Gasteiger partial charge on any atom is 0 e. The average molecular weight is 208 g/mol. The number of rotatable bonds is 0. The maximum absolute atomic E-state index is 0. The van der Waals surface area contributed by atoms with Gasteiger partial charge in [-0.05, 0) is 0 Å². The van der Waals surface area contributed by atoms with Crippen LogP contribution in [-0.2, 0) is 50.3 Å². The molecule has 0 spiro atoms. The molecule has 0 aromatic rings. The molecule has 4 heteroatoms. The van der Waals surface area contributed by atoms with Crippen LogP contribution in [0.15, 0.2) is 0 Å². The predicted molar refractivity (Wildman–Crippen MR) is 10.4 cm³/mol. The van der Waals surface area contributed by atoms with E-state index in [0.29, 0.717) is 0 Å². The molecular formula is H2CoFeNiS. The van der Waals surface area contributed by atoms with Gasteiger partial charge in [0, 0.05) is 50.3 Å². The van der Waals surface area contributed by atoms with E-state index in [4.69, 9.17) is 0 Å². The zero-order valence-corrected chi connectivity index (χ0v) is 5.64. The Balaban J connectivity index is 0. The zero-order chi connectivity index (χ0) is 0. The standard InChI is InChI=1S/Co.Fe.Ni.H2S/h;;;1H2. The molecule has 0 saturated heterocycles. The molecule has 0 aromatic carbocycles. The van der Waals surface area contributed by atoms with E-state index >= 15 is 0 Å². The monoisotopic (exact) mass is 207 g/mol. The summed E-state index contributed by atoms with van der Waals surface area (Å²) in [5.41, 5.74) is 0. The van der Waals surface area contributed by atoms with Crippen molar-refractivity contribution in [3.63, 3.8) is 0 Å². The second kappa shape index (κ2) is 20.9. The van der Waals surface area contributed by atoms with Gasteiger partial charge in [-0.3, -0.25) is 0 Å². The molecule has 0 nitrogen and oxygen atoms in total. The van der Waals surface area contributed by atoms with Gasteiger partial charge < -0.3 is 0 Å². The summed E-state index contributed by atoms with van der Waals surface area (Å²) in [6, 6.07) is 0. The molecule has 0 atom stereocenters. The molecule has 0 saturated carbocycles. The van der Waals surface area contributed by atoms with E-state index in [-0.39, 0.29) is 63.8 Å². The third kappa shape index (κ3) is 9.12. The molecule has 0 rings (SSSR count). The van der Waals surface area contributed by atoms with Gasteiger partial charge in [-0.1, -0.05) is 0 Å². The van der Waals surface area contributed by atoms with Crippen LogP contribution in [0.2, 0.25) is 0 Å². The Kier molecular flexibility index (Phi) is 208. The first kappa shape index (κ1) is 39.8. The van der Waals surface area contributed by atoms with Crippen LogP contribution in [0.4, 0.5) is 0 Å². The van der Waals surface area contributed by atoms with Crippen molar-refractivity contribution in [1.29, 1.82) is 0 Å². The molecule has 0 aliphatic carbocycles. The molecule has 1 radical (unpaired) electrons. The van der Waals surface area contributed by atoms with Gasteiger partial charge in [0.15, 0.2) is 0 Å². The third-order valence-corrected chi connectivity index (χ3v) is 0. The van der Waals surface area contributed by atoms with E-state index in [1.165, 1.54) is 0 Å². The van der Waals surface area contributed by atoms with Crippen LogP contribution >= 0.6 is 13.5 Å². The van der Waals surface area contributed by atoms with Crippen molar-refractivity contribution in [2.45, 2.75) is 0 Å². The minimum absolute atomic E-state index is 0. The van der Waals surface area contributed by atoms with Crippen LogP contribution in [0.5, 0.6) is 0 Å². The van der Waals surface area contributed by atoms with E-state index in [1.807, 2.05) is 0 Å². The third-order valence-electron chi connectivity index (χ3n) is 0. The predicted octanol–water partition coefficient (Wildman–Crippen LogP) is 0.105. The molecule has 0 heterocycles. The molecule has 4 heavy (non-hydrogen) atoms. The summed E-state index contributed by atoms with van der Waals surface area (Å²) in [6.07, 6.45) is 0. The van der Waals surface area contributed by atoms with Gasteiger partial charge in [-0.15, -0.1) is 0 Å². The molecule has 0 N–H and O–H groups in total. The van der Waals surface area contributed by atoms with Crippen molar-refractivity contribution in [1.82, 2.24) is 0 Å². The SMILES string of the molecule is S.[Co].[Fe].[Ni]. The van der Waals surface area contributed by atoms with Crippen LogP contribution in [0.3, 0.4) is 0 Å². The van der Waals surface area contributed by atoms with Crippen molar-refractivity contribution in [3.05, 3.63) is 0 Å². The van der Waals surface area contributed by atoms with Crippen LogP contribution < -0.4 is 0 Å². The fourth-order valence-corrected chi connectivity index (χ4v) is 0. The fourth-order valence-electron chi connectivity index (χ4n) is 0. The summed E-state index contributed by atoms with van der Waals surface area (Å²) in [7, 11) is 0. The van der Waals surface area contributed by atoms with Crippen molar-refractivity contribution in [2.75, 3.05) is 0 Å². The average Bonchev–Trinajstić information content (AvgIpc) is 0. The minimum Gasteiger partial charge on any atom is -0.197 e. The van der Waals surface area contributed by atoms with Gasteiger partial charge in [0.25, 0.3) is 0 Å². The van der Waals surface area contributed by atoms with Crippen molar-refractivity contribution in [3.8, 4) is 0 Å².